The van der Waals surface area contributed by atoms with Gasteiger partial charge in [-0.15, -0.1) is 11.8 Å². The van der Waals surface area contributed by atoms with Crippen LogP contribution in [-0.4, -0.2) is 16.2 Å². The van der Waals surface area contributed by atoms with E-state index in [1.165, 1.54) is 11.8 Å². The van der Waals surface area contributed by atoms with Crippen molar-refractivity contribution in [3.8, 4) is 0 Å². The smallest absolute Gasteiger partial charge is 0.324 e. The average Bonchev–Trinajstić information content (AvgIpc) is 2.61. The van der Waals surface area contributed by atoms with Crippen molar-refractivity contribution in [2.24, 2.45) is 0 Å². The van der Waals surface area contributed by atoms with Gasteiger partial charge in [0.1, 0.15) is 5.69 Å². The van der Waals surface area contributed by atoms with E-state index in [1.807, 2.05) is 60.7 Å². The largest absolute Gasteiger partial charge is 0.345 e. The second kappa shape index (κ2) is 7.14. The first-order valence-corrected chi connectivity index (χ1v) is 8.52. The number of nitrogens with one attached hydrogen (secondary N) is 1. The summed E-state index contributed by atoms with van der Waals surface area (Å²) < 4.78 is 0. The van der Waals surface area contributed by atoms with Crippen LogP contribution in [0.5, 0.6) is 0 Å². The molecular weight excluding hydrogens is 322 g/mol. The summed E-state index contributed by atoms with van der Waals surface area (Å²) in [5, 5.41) is 16.2. The maximum absolute atomic E-state index is 11.7. The van der Waals surface area contributed by atoms with Gasteiger partial charge in [-0.1, -0.05) is 42.5 Å². The molecule has 2 aromatic carbocycles. The van der Waals surface area contributed by atoms with E-state index in [4.69, 9.17) is 0 Å². The lowest BCUT2D eigenvalue weighted by molar-refractivity contribution is -0.376. The van der Waals surface area contributed by atoms with Crippen molar-refractivity contribution in [1.82, 2.24) is 4.98 Å². The molecule has 0 bridgehead atoms. The van der Waals surface area contributed by atoms with Crippen LogP contribution in [0.4, 0.5) is 5.69 Å². The molecule has 0 unspecified atom stereocenters. The third kappa shape index (κ3) is 3.38. The number of para-hydroxylation sites is 2. The molecule has 3 rings (SSSR count). The van der Waals surface area contributed by atoms with Crippen molar-refractivity contribution in [3.05, 3.63) is 87.6 Å². The number of pyridine rings is 1. The molecule has 0 atom stereocenters. The van der Waals surface area contributed by atoms with Gasteiger partial charge in [-0.25, -0.2) is 4.98 Å². The van der Waals surface area contributed by atoms with Crippen molar-refractivity contribution in [3.63, 3.8) is 0 Å². The molecule has 0 saturated heterocycles. The predicted molar refractivity (Wildman–Crippen MR) is 99.2 cm³/mol. The Kier molecular flexibility index (Phi) is 4.77. The van der Waals surface area contributed by atoms with Crippen molar-refractivity contribution in [2.75, 3.05) is 11.6 Å². The van der Waals surface area contributed by atoms with Crippen LogP contribution < -0.4 is 5.32 Å². The molecule has 0 fully saturated rings. The Morgan fingerprint density at radius 3 is 2.46 bits per heavy atom. The van der Waals surface area contributed by atoms with Crippen LogP contribution in [0.25, 0.3) is 16.6 Å². The van der Waals surface area contributed by atoms with Crippen molar-refractivity contribution in [1.29, 1.82) is 0 Å². The zero-order valence-corrected chi connectivity index (χ0v) is 13.8. The molecule has 120 valence electrons. The highest BCUT2D eigenvalue weighted by Crippen LogP contribution is 2.27. The van der Waals surface area contributed by atoms with E-state index >= 15 is 0 Å². The van der Waals surface area contributed by atoms with Gasteiger partial charge in [0.25, 0.3) is 0 Å². The number of nitro groups is 1. The highest BCUT2D eigenvalue weighted by molar-refractivity contribution is 8.02. The molecule has 0 aliphatic rings. The number of benzene rings is 2. The molecule has 0 aliphatic heterocycles. The summed E-state index contributed by atoms with van der Waals surface area (Å²) in [5.41, 5.74) is 1.83. The standard InChI is InChI=1S/C18H15N3O2S/c1-24-18(19-14-8-3-2-4-9-14)17(21(22)23)16-12-11-13-7-5-6-10-15(13)20-16/h2-12,19H,1H3. The van der Waals surface area contributed by atoms with E-state index in [1.54, 1.807) is 12.3 Å². The molecule has 5 nitrogen and oxygen atoms in total. The van der Waals surface area contributed by atoms with Gasteiger partial charge in [0.2, 0.25) is 0 Å². The van der Waals surface area contributed by atoms with Gasteiger partial charge >= 0.3 is 5.70 Å². The minimum absolute atomic E-state index is 0.0305. The van der Waals surface area contributed by atoms with Gasteiger partial charge in [0, 0.05) is 11.1 Å². The first-order valence-electron chi connectivity index (χ1n) is 7.30. The number of nitrogens with zero attached hydrogens (tertiary/aromatic N) is 2. The summed E-state index contributed by atoms with van der Waals surface area (Å²) in [4.78, 5) is 15.7. The van der Waals surface area contributed by atoms with Crippen LogP contribution >= 0.6 is 11.8 Å². The molecule has 3 aromatic rings. The second-order valence-corrected chi connectivity index (χ2v) is 5.84. The van der Waals surface area contributed by atoms with E-state index in [-0.39, 0.29) is 5.70 Å². The second-order valence-electron chi connectivity index (χ2n) is 5.02. The molecule has 1 N–H and O–H groups in total. The van der Waals surface area contributed by atoms with E-state index in [9.17, 15) is 10.1 Å². The zero-order chi connectivity index (χ0) is 16.9. The number of hydrogen-bond acceptors (Lipinski definition) is 5. The summed E-state index contributed by atoms with van der Waals surface area (Å²) in [6.45, 7) is 0. The van der Waals surface area contributed by atoms with Gasteiger partial charge in [0.05, 0.1) is 10.4 Å². The van der Waals surface area contributed by atoms with E-state index in [2.05, 4.69) is 10.3 Å². The average molecular weight is 337 g/mol. The molecule has 1 aromatic heterocycles. The maximum atomic E-state index is 11.7. The summed E-state index contributed by atoms with van der Waals surface area (Å²) in [6.07, 6.45) is 1.80. The molecule has 0 saturated carbocycles. The van der Waals surface area contributed by atoms with Crippen LogP contribution in [0.1, 0.15) is 5.69 Å². The molecule has 1 heterocycles. The fourth-order valence-corrected chi connectivity index (χ4v) is 2.94. The summed E-state index contributed by atoms with van der Waals surface area (Å²) in [7, 11) is 0. The zero-order valence-electron chi connectivity index (χ0n) is 13.0. The molecule has 0 radical (unpaired) electrons. The van der Waals surface area contributed by atoms with E-state index in [0.29, 0.717) is 10.7 Å². The number of rotatable bonds is 5. The monoisotopic (exact) mass is 337 g/mol. The Hall–Kier alpha value is -2.86. The van der Waals surface area contributed by atoms with Crippen LogP contribution in [0, 0.1) is 10.1 Å². The lowest BCUT2D eigenvalue weighted by atomic mass is 10.2. The molecule has 0 spiro atoms. The summed E-state index contributed by atoms with van der Waals surface area (Å²) in [6, 6.07) is 20.5. The first kappa shape index (κ1) is 16.0. The Balaban J connectivity index is 2.10. The molecule has 6 heteroatoms. The van der Waals surface area contributed by atoms with E-state index < -0.39 is 4.92 Å². The van der Waals surface area contributed by atoms with Crippen molar-refractivity contribution in [2.45, 2.75) is 0 Å². The molecular formula is C18H15N3O2S. The third-order valence-corrected chi connectivity index (χ3v) is 4.18. The number of fused-ring (bicyclic) bond motifs is 1. The molecule has 0 aliphatic carbocycles. The number of thioether (sulfide) groups is 1. The topological polar surface area (TPSA) is 68.1 Å². The van der Waals surface area contributed by atoms with Gasteiger partial charge < -0.3 is 5.32 Å². The maximum Gasteiger partial charge on any atom is 0.324 e. The van der Waals surface area contributed by atoms with Crippen LogP contribution in [0.2, 0.25) is 0 Å². The summed E-state index contributed by atoms with van der Waals surface area (Å²) >= 11 is 1.29. The number of anilines is 1. The van der Waals surface area contributed by atoms with Gasteiger partial charge in [-0.2, -0.15) is 0 Å². The predicted octanol–water partition coefficient (Wildman–Crippen LogP) is 4.61. The van der Waals surface area contributed by atoms with Gasteiger partial charge in [-0.3, -0.25) is 10.1 Å². The Labute approximate surface area is 143 Å². The van der Waals surface area contributed by atoms with Crippen LogP contribution in [0.15, 0.2) is 71.8 Å². The van der Waals surface area contributed by atoms with Crippen LogP contribution in [-0.2, 0) is 0 Å². The van der Waals surface area contributed by atoms with E-state index in [0.717, 1.165) is 16.6 Å². The lowest BCUT2D eigenvalue weighted by Crippen LogP contribution is -2.08. The Bertz CT molecular complexity index is 910. The fraction of sp³-hybridized carbons (Fsp3) is 0.0556. The Morgan fingerprint density at radius 2 is 1.75 bits per heavy atom. The number of aromatic nitrogens is 1. The molecule has 24 heavy (non-hydrogen) atoms. The van der Waals surface area contributed by atoms with Crippen molar-refractivity contribution < 1.29 is 4.92 Å². The quantitative estimate of drug-likeness (QED) is 0.544. The first-order chi connectivity index (χ1) is 11.7. The minimum Gasteiger partial charge on any atom is -0.345 e. The normalized spacial score (nSPS) is 11.9. The lowest BCUT2D eigenvalue weighted by Gasteiger charge is -2.10. The highest BCUT2D eigenvalue weighted by Gasteiger charge is 2.23. The number of hydrogen-bond donors (Lipinski definition) is 1. The van der Waals surface area contributed by atoms with Gasteiger partial charge in [-0.05, 0) is 30.5 Å². The van der Waals surface area contributed by atoms with Crippen molar-refractivity contribution >= 4 is 34.0 Å². The summed E-state index contributed by atoms with van der Waals surface area (Å²) in [5.74, 6) is 0. The minimum atomic E-state index is -0.390. The SMILES string of the molecule is CSC(Nc1ccccc1)=C(c1ccc2ccccc2n1)[N+](=O)[O-]. The van der Waals surface area contributed by atoms with Crippen LogP contribution in [0.3, 0.4) is 0 Å². The fourth-order valence-electron chi connectivity index (χ4n) is 2.35. The Morgan fingerprint density at radius 1 is 1.04 bits per heavy atom. The molecule has 0 amide bonds. The van der Waals surface area contributed by atoms with Gasteiger partial charge in [0.15, 0.2) is 5.03 Å². The highest BCUT2D eigenvalue weighted by atomic mass is 32.2. The third-order valence-electron chi connectivity index (χ3n) is 3.47.